The van der Waals surface area contributed by atoms with Gasteiger partial charge in [0.1, 0.15) is 0 Å². The summed E-state index contributed by atoms with van der Waals surface area (Å²) in [6.45, 7) is 2.27. The van der Waals surface area contributed by atoms with Crippen molar-refractivity contribution in [1.82, 2.24) is 0 Å². The molecule has 1 heterocycles. The van der Waals surface area contributed by atoms with E-state index in [0.717, 1.165) is 29.6 Å². The fraction of sp³-hybridized carbons (Fsp3) is 0.750. The van der Waals surface area contributed by atoms with E-state index < -0.39 is 0 Å². The maximum absolute atomic E-state index is 4.09. The number of hydrogen-bond acceptors (Lipinski definition) is 1. The minimum Gasteiger partial charge on any atom is -0.133 e. The summed E-state index contributed by atoms with van der Waals surface area (Å²) >= 11 is 9.62. The number of halogens is 2. The summed E-state index contributed by atoms with van der Waals surface area (Å²) < 4.78 is 1.29. The van der Waals surface area contributed by atoms with Crippen molar-refractivity contribution in [2.24, 2.45) is 29.6 Å². The summed E-state index contributed by atoms with van der Waals surface area (Å²) in [6, 6.07) is 2.35. The average molecular weight is 404 g/mol. The lowest BCUT2D eigenvalue weighted by Crippen LogP contribution is -2.46. The summed E-state index contributed by atoms with van der Waals surface area (Å²) in [5.41, 5.74) is 1.55. The van der Waals surface area contributed by atoms with Crippen LogP contribution in [0.4, 0.5) is 0 Å². The van der Waals surface area contributed by atoms with Crippen molar-refractivity contribution in [3.05, 3.63) is 20.3 Å². The largest absolute Gasteiger partial charge is 0.133 e. The average Bonchev–Trinajstić information content (AvgIpc) is 2.66. The SMILES string of the molecule is Cc1sc(Br)cc1C(Br)C1C2CC3CC(C2)CC1C3. The summed E-state index contributed by atoms with van der Waals surface area (Å²) in [5.74, 6) is 5.05. The predicted octanol–water partition coefficient (Wildman–Crippen LogP) is 6.33. The minimum atomic E-state index is 0.588. The van der Waals surface area contributed by atoms with E-state index in [1.807, 2.05) is 11.3 Å². The lowest BCUT2D eigenvalue weighted by molar-refractivity contribution is -0.0364. The molecule has 0 amide bonds. The Morgan fingerprint density at radius 2 is 1.68 bits per heavy atom. The van der Waals surface area contributed by atoms with E-state index >= 15 is 0 Å². The van der Waals surface area contributed by atoms with Crippen molar-refractivity contribution in [2.45, 2.75) is 43.9 Å². The molecule has 1 atom stereocenters. The van der Waals surface area contributed by atoms with Gasteiger partial charge in [-0.25, -0.2) is 0 Å². The number of thiophene rings is 1. The highest BCUT2D eigenvalue weighted by Crippen LogP contribution is 2.61. The van der Waals surface area contributed by atoms with Gasteiger partial charge in [-0.2, -0.15) is 0 Å². The Labute approximate surface area is 136 Å². The molecule has 4 bridgehead atoms. The summed E-state index contributed by atoms with van der Waals surface area (Å²) in [4.78, 5) is 2.08. The van der Waals surface area contributed by atoms with Crippen LogP contribution in [0, 0.1) is 36.5 Å². The van der Waals surface area contributed by atoms with Gasteiger partial charge in [0.2, 0.25) is 0 Å². The monoisotopic (exact) mass is 402 g/mol. The second-order valence-corrected chi connectivity index (χ2v) is 10.6. The van der Waals surface area contributed by atoms with Crippen LogP contribution < -0.4 is 0 Å². The second kappa shape index (κ2) is 4.84. The molecule has 1 aromatic heterocycles. The van der Waals surface area contributed by atoms with Gasteiger partial charge < -0.3 is 0 Å². The lowest BCUT2D eigenvalue weighted by atomic mass is 9.51. The molecule has 0 N–H and O–H groups in total. The van der Waals surface area contributed by atoms with Crippen molar-refractivity contribution in [3.63, 3.8) is 0 Å². The van der Waals surface area contributed by atoms with Gasteiger partial charge >= 0.3 is 0 Å². The van der Waals surface area contributed by atoms with Crippen molar-refractivity contribution in [1.29, 1.82) is 0 Å². The molecule has 3 heteroatoms. The zero-order chi connectivity index (χ0) is 13.1. The molecule has 19 heavy (non-hydrogen) atoms. The maximum atomic E-state index is 4.09. The summed E-state index contributed by atoms with van der Waals surface area (Å²) in [7, 11) is 0. The quantitative estimate of drug-likeness (QED) is 0.506. The standard InChI is InChI=1S/C16H20Br2S/c1-8-13(7-14(17)19-8)16(18)15-11-3-9-2-10(5-11)6-12(15)4-9/h7,9-12,15-16H,2-6H2,1H3. The molecule has 4 saturated carbocycles. The molecular formula is C16H20Br2S. The highest BCUT2D eigenvalue weighted by atomic mass is 79.9. The molecule has 0 aromatic carbocycles. The van der Waals surface area contributed by atoms with Gasteiger partial charge in [0.05, 0.1) is 3.79 Å². The molecule has 4 aliphatic carbocycles. The van der Waals surface area contributed by atoms with Crippen LogP contribution in [0.1, 0.15) is 47.4 Å². The molecule has 4 fully saturated rings. The van der Waals surface area contributed by atoms with Gasteiger partial charge in [-0.05, 0) is 96.2 Å². The van der Waals surface area contributed by atoms with Gasteiger partial charge in [-0.3, -0.25) is 0 Å². The highest BCUT2D eigenvalue weighted by molar-refractivity contribution is 9.11. The van der Waals surface area contributed by atoms with Crippen LogP contribution in [-0.2, 0) is 0 Å². The van der Waals surface area contributed by atoms with Gasteiger partial charge in [0.25, 0.3) is 0 Å². The third-order valence-corrected chi connectivity index (χ3v) is 8.53. The van der Waals surface area contributed by atoms with Crippen molar-refractivity contribution >= 4 is 43.2 Å². The topological polar surface area (TPSA) is 0 Å². The molecule has 0 saturated heterocycles. The Hall–Kier alpha value is 0.660. The molecule has 1 unspecified atom stereocenters. The smallest absolute Gasteiger partial charge is 0.0704 e. The summed E-state index contributed by atoms with van der Waals surface area (Å²) in [5, 5.41) is 0. The molecule has 104 valence electrons. The second-order valence-electron chi connectivity index (χ2n) is 6.97. The van der Waals surface area contributed by atoms with Gasteiger partial charge in [-0.15, -0.1) is 11.3 Å². The van der Waals surface area contributed by atoms with Crippen LogP contribution in [0.3, 0.4) is 0 Å². The van der Waals surface area contributed by atoms with Crippen molar-refractivity contribution in [3.8, 4) is 0 Å². The first-order valence-electron chi connectivity index (χ1n) is 7.51. The molecule has 1 aromatic rings. The lowest BCUT2D eigenvalue weighted by Gasteiger charge is -2.55. The van der Waals surface area contributed by atoms with E-state index in [9.17, 15) is 0 Å². The number of aryl methyl sites for hydroxylation is 1. The predicted molar refractivity (Wildman–Crippen MR) is 89.0 cm³/mol. The zero-order valence-electron chi connectivity index (χ0n) is 11.2. The van der Waals surface area contributed by atoms with E-state index in [1.165, 1.54) is 34.3 Å². The molecule has 0 aliphatic heterocycles. The first-order valence-corrected chi connectivity index (χ1v) is 10.0. The van der Waals surface area contributed by atoms with Gasteiger partial charge in [-0.1, -0.05) is 15.9 Å². The number of alkyl halides is 1. The third kappa shape index (κ3) is 2.19. The van der Waals surface area contributed by atoms with E-state index in [0.29, 0.717) is 4.83 Å². The molecule has 0 nitrogen and oxygen atoms in total. The molecule has 0 radical (unpaired) electrons. The van der Waals surface area contributed by atoms with Crippen LogP contribution in [-0.4, -0.2) is 0 Å². The van der Waals surface area contributed by atoms with Gasteiger partial charge in [0.15, 0.2) is 0 Å². The number of rotatable bonds is 2. The first kappa shape index (κ1) is 13.3. The fourth-order valence-corrected chi connectivity index (χ4v) is 8.63. The van der Waals surface area contributed by atoms with E-state index in [4.69, 9.17) is 0 Å². The van der Waals surface area contributed by atoms with E-state index in [1.54, 1.807) is 12.0 Å². The first-order chi connectivity index (χ1) is 9.11. The Bertz CT molecular complexity index is 465. The van der Waals surface area contributed by atoms with Crippen LogP contribution in [0.5, 0.6) is 0 Å². The van der Waals surface area contributed by atoms with Crippen LogP contribution in [0.2, 0.25) is 0 Å². The van der Waals surface area contributed by atoms with Crippen molar-refractivity contribution < 1.29 is 0 Å². The van der Waals surface area contributed by atoms with Crippen LogP contribution in [0.25, 0.3) is 0 Å². The normalized spacial score (nSPS) is 41.7. The fourth-order valence-electron chi connectivity index (χ4n) is 5.38. The maximum Gasteiger partial charge on any atom is 0.0704 e. The molecule has 0 spiro atoms. The van der Waals surface area contributed by atoms with Gasteiger partial charge in [0, 0.05) is 9.70 Å². The number of hydrogen-bond donors (Lipinski definition) is 0. The molecule has 4 aliphatic rings. The third-order valence-electron chi connectivity index (χ3n) is 5.86. The minimum absolute atomic E-state index is 0.588. The Kier molecular flexibility index (Phi) is 3.40. The molecule has 5 rings (SSSR count). The Morgan fingerprint density at radius 3 is 2.16 bits per heavy atom. The molecular weight excluding hydrogens is 384 g/mol. The van der Waals surface area contributed by atoms with Crippen LogP contribution in [0.15, 0.2) is 9.85 Å². The van der Waals surface area contributed by atoms with Crippen molar-refractivity contribution in [2.75, 3.05) is 0 Å². The Balaban J connectivity index is 1.63. The Morgan fingerprint density at radius 1 is 1.11 bits per heavy atom. The van der Waals surface area contributed by atoms with Crippen LogP contribution >= 0.6 is 43.2 Å². The highest BCUT2D eigenvalue weighted by Gasteiger charge is 2.50. The van der Waals surface area contributed by atoms with E-state index in [-0.39, 0.29) is 0 Å². The van der Waals surface area contributed by atoms with E-state index in [2.05, 4.69) is 44.8 Å². The zero-order valence-corrected chi connectivity index (χ0v) is 15.2. The summed E-state index contributed by atoms with van der Waals surface area (Å²) in [6.07, 6.45) is 7.62.